The Morgan fingerprint density at radius 3 is 2.43 bits per heavy atom. The molecule has 0 spiro atoms. The first-order valence-corrected chi connectivity index (χ1v) is 8.88. The average Bonchev–Trinajstić information content (AvgIpc) is 2.91. The fourth-order valence-corrected chi connectivity index (χ4v) is 2.76. The van der Waals surface area contributed by atoms with Crippen molar-refractivity contribution in [2.75, 3.05) is 6.54 Å². The molecule has 0 aliphatic rings. The Kier molecular flexibility index (Phi) is 8.67. The van der Waals surface area contributed by atoms with Gasteiger partial charge in [-0.1, -0.05) is 34.6 Å². The molecule has 0 aliphatic heterocycles. The number of rotatable bonds is 11. The minimum atomic E-state index is 0.552. The molecule has 1 heterocycles. The summed E-state index contributed by atoms with van der Waals surface area (Å²) in [6.07, 6.45) is 9.25. The zero-order valence-corrected chi connectivity index (χ0v) is 14.7. The van der Waals surface area contributed by atoms with Crippen LogP contribution in [0.25, 0.3) is 0 Å². The van der Waals surface area contributed by atoms with Crippen LogP contribution >= 0.6 is 0 Å². The molecule has 0 amide bonds. The van der Waals surface area contributed by atoms with E-state index in [0.29, 0.717) is 12.1 Å². The van der Waals surface area contributed by atoms with E-state index >= 15 is 0 Å². The van der Waals surface area contributed by atoms with Gasteiger partial charge in [-0.2, -0.15) is 5.10 Å². The summed E-state index contributed by atoms with van der Waals surface area (Å²) in [5.41, 5.74) is 1.24. The van der Waals surface area contributed by atoms with Crippen LogP contribution in [-0.2, 0) is 6.42 Å². The highest BCUT2D eigenvalue weighted by molar-refractivity contribution is 5.02. The van der Waals surface area contributed by atoms with Crippen LogP contribution in [-0.4, -0.2) is 22.4 Å². The van der Waals surface area contributed by atoms with E-state index in [1.807, 2.05) is 0 Å². The molecule has 122 valence electrons. The fourth-order valence-electron chi connectivity index (χ4n) is 2.76. The van der Waals surface area contributed by atoms with E-state index in [9.17, 15) is 0 Å². The molecule has 0 saturated carbocycles. The molecule has 1 rings (SSSR count). The molecule has 1 atom stereocenters. The Bertz CT molecular complexity index is 366. The smallest absolute Gasteiger partial charge is 0.0640 e. The lowest BCUT2D eigenvalue weighted by atomic mass is 10.00. The molecule has 1 N–H and O–H groups in total. The van der Waals surface area contributed by atoms with Crippen molar-refractivity contribution in [1.82, 2.24) is 15.1 Å². The van der Waals surface area contributed by atoms with Gasteiger partial charge in [0.1, 0.15) is 0 Å². The second-order valence-corrected chi connectivity index (χ2v) is 6.58. The van der Waals surface area contributed by atoms with E-state index in [1.165, 1.54) is 25.0 Å². The molecule has 0 aromatic carbocycles. The van der Waals surface area contributed by atoms with Gasteiger partial charge >= 0.3 is 0 Å². The van der Waals surface area contributed by atoms with Crippen LogP contribution in [0.1, 0.15) is 78.5 Å². The fraction of sp³-hybridized carbons (Fsp3) is 0.833. The highest BCUT2D eigenvalue weighted by atomic mass is 15.3. The van der Waals surface area contributed by atoms with Crippen LogP contribution in [0.5, 0.6) is 0 Å². The predicted octanol–water partition coefficient (Wildman–Crippen LogP) is 4.59. The molecule has 0 radical (unpaired) electrons. The molecule has 3 nitrogen and oxygen atoms in total. The number of hydrogen-bond acceptors (Lipinski definition) is 2. The first-order valence-electron chi connectivity index (χ1n) is 8.88. The van der Waals surface area contributed by atoms with Crippen LogP contribution in [0.15, 0.2) is 12.3 Å². The largest absolute Gasteiger partial charge is 0.314 e. The maximum Gasteiger partial charge on any atom is 0.0640 e. The number of nitrogens with one attached hydrogen (secondary N) is 1. The van der Waals surface area contributed by atoms with Crippen molar-refractivity contribution in [3.05, 3.63) is 18.0 Å². The molecule has 1 aromatic heterocycles. The van der Waals surface area contributed by atoms with Crippen LogP contribution in [0.4, 0.5) is 0 Å². The summed E-state index contributed by atoms with van der Waals surface area (Å²) in [5.74, 6) is 0.776. The van der Waals surface area contributed by atoms with Crippen molar-refractivity contribution in [1.29, 1.82) is 0 Å². The van der Waals surface area contributed by atoms with Gasteiger partial charge in [-0.25, -0.2) is 0 Å². The first kappa shape index (κ1) is 18.2. The summed E-state index contributed by atoms with van der Waals surface area (Å²) >= 11 is 0. The maximum atomic E-state index is 4.80. The Morgan fingerprint density at radius 2 is 1.86 bits per heavy atom. The topological polar surface area (TPSA) is 29.9 Å². The Morgan fingerprint density at radius 1 is 1.14 bits per heavy atom. The van der Waals surface area contributed by atoms with Gasteiger partial charge in [0, 0.05) is 18.7 Å². The standard InChI is InChI=1S/C18H35N3/c1-6-12-19-16(10-9-15(4)5)14-17-11-13-21(20-17)18(7-2)8-3/h11,13,15-16,18-19H,6-10,12,14H2,1-5H3. The Hall–Kier alpha value is -0.830. The SMILES string of the molecule is CCCNC(CCC(C)C)Cc1ccn(C(CC)CC)n1. The van der Waals surface area contributed by atoms with Gasteiger partial charge in [-0.05, 0) is 50.6 Å². The van der Waals surface area contributed by atoms with Crippen molar-refractivity contribution in [2.45, 2.75) is 85.2 Å². The molecule has 0 aliphatic carbocycles. The summed E-state index contributed by atoms with van der Waals surface area (Å²) in [6.45, 7) is 12.4. The van der Waals surface area contributed by atoms with Crippen molar-refractivity contribution in [3.63, 3.8) is 0 Å². The molecule has 3 heteroatoms. The van der Waals surface area contributed by atoms with Gasteiger partial charge in [0.15, 0.2) is 0 Å². The lowest BCUT2D eigenvalue weighted by molar-refractivity contribution is 0.408. The molecule has 0 saturated heterocycles. The predicted molar refractivity (Wildman–Crippen MR) is 91.7 cm³/mol. The zero-order valence-electron chi connectivity index (χ0n) is 14.7. The van der Waals surface area contributed by atoms with E-state index in [4.69, 9.17) is 5.10 Å². The molecule has 21 heavy (non-hydrogen) atoms. The number of hydrogen-bond donors (Lipinski definition) is 1. The third-order valence-electron chi connectivity index (χ3n) is 4.21. The van der Waals surface area contributed by atoms with Crippen molar-refractivity contribution in [3.8, 4) is 0 Å². The van der Waals surface area contributed by atoms with E-state index in [0.717, 1.165) is 31.7 Å². The van der Waals surface area contributed by atoms with E-state index in [1.54, 1.807) is 0 Å². The molecular formula is C18H35N3. The second-order valence-electron chi connectivity index (χ2n) is 6.58. The minimum Gasteiger partial charge on any atom is -0.314 e. The van der Waals surface area contributed by atoms with E-state index in [2.05, 4.69) is 56.9 Å². The third kappa shape index (κ3) is 6.64. The molecule has 1 aromatic rings. The van der Waals surface area contributed by atoms with Gasteiger partial charge in [0.05, 0.1) is 11.7 Å². The highest BCUT2D eigenvalue weighted by Crippen LogP contribution is 2.16. The second kappa shape index (κ2) is 9.99. The minimum absolute atomic E-state index is 0.552. The van der Waals surface area contributed by atoms with Crippen LogP contribution < -0.4 is 5.32 Å². The lowest BCUT2D eigenvalue weighted by Crippen LogP contribution is -2.32. The van der Waals surface area contributed by atoms with Gasteiger partial charge < -0.3 is 5.32 Å². The summed E-state index contributed by atoms with van der Waals surface area (Å²) < 4.78 is 2.16. The lowest BCUT2D eigenvalue weighted by Gasteiger charge is -2.19. The highest BCUT2D eigenvalue weighted by Gasteiger charge is 2.13. The van der Waals surface area contributed by atoms with Crippen molar-refractivity contribution < 1.29 is 0 Å². The van der Waals surface area contributed by atoms with Crippen LogP contribution in [0.3, 0.4) is 0 Å². The number of nitrogens with zero attached hydrogens (tertiary/aromatic N) is 2. The summed E-state index contributed by atoms with van der Waals surface area (Å²) in [6, 6.07) is 3.32. The third-order valence-corrected chi connectivity index (χ3v) is 4.21. The average molecular weight is 293 g/mol. The summed E-state index contributed by atoms with van der Waals surface area (Å²) in [5, 5.41) is 8.49. The summed E-state index contributed by atoms with van der Waals surface area (Å²) in [7, 11) is 0. The van der Waals surface area contributed by atoms with E-state index in [-0.39, 0.29) is 0 Å². The maximum absolute atomic E-state index is 4.80. The Labute approximate surface area is 131 Å². The van der Waals surface area contributed by atoms with Crippen LogP contribution in [0.2, 0.25) is 0 Å². The quantitative estimate of drug-likeness (QED) is 0.646. The number of aromatic nitrogens is 2. The molecule has 0 bridgehead atoms. The molecule has 1 unspecified atom stereocenters. The van der Waals surface area contributed by atoms with Gasteiger partial charge in [0.25, 0.3) is 0 Å². The van der Waals surface area contributed by atoms with Gasteiger partial charge in [0.2, 0.25) is 0 Å². The molecule has 0 fully saturated rings. The van der Waals surface area contributed by atoms with E-state index < -0.39 is 0 Å². The Balaban J connectivity index is 2.60. The normalized spacial score (nSPS) is 13.3. The zero-order chi connectivity index (χ0) is 15.7. The molecular weight excluding hydrogens is 258 g/mol. The first-order chi connectivity index (χ1) is 10.1. The van der Waals surface area contributed by atoms with Crippen LogP contribution in [0, 0.1) is 5.92 Å². The van der Waals surface area contributed by atoms with Crippen molar-refractivity contribution in [2.24, 2.45) is 5.92 Å². The van der Waals surface area contributed by atoms with Gasteiger partial charge in [-0.3, -0.25) is 4.68 Å². The van der Waals surface area contributed by atoms with Gasteiger partial charge in [-0.15, -0.1) is 0 Å². The monoisotopic (exact) mass is 293 g/mol. The summed E-state index contributed by atoms with van der Waals surface area (Å²) in [4.78, 5) is 0. The van der Waals surface area contributed by atoms with Crippen molar-refractivity contribution >= 4 is 0 Å².